The van der Waals surface area contributed by atoms with Crippen LogP contribution in [0, 0.1) is 5.82 Å². The largest absolute Gasteiger partial charge is 0.435 e. The number of halogens is 6. The Balaban J connectivity index is 2.04. The smallest absolute Gasteiger partial charge is 0.374 e. The van der Waals surface area contributed by atoms with Gasteiger partial charge in [-0.15, -0.1) is 0 Å². The second-order valence-electron chi connectivity index (χ2n) is 5.95. The van der Waals surface area contributed by atoms with E-state index >= 15 is 0 Å². The summed E-state index contributed by atoms with van der Waals surface area (Å²) >= 11 is 11.7. The lowest BCUT2D eigenvalue weighted by Crippen LogP contribution is -2.42. The zero-order valence-electron chi connectivity index (χ0n) is 13.5. The van der Waals surface area contributed by atoms with E-state index in [1.807, 2.05) is 0 Å². The van der Waals surface area contributed by atoms with Crippen LogP contribution in [0.2, 0.25) is 10.0 Å². The summed E-state index contributed by atoms with van der Waals surface area (Å²) in [6.07, 6.45) is -4.93. The first-order chi connectivity index (χ1) is 12.2. The fourth-order valence-electron chi connectivity index (χ4n) is 2.87. The normalized spacial score (nSPS) is 20.0. The molecule has 2 nitrogen and oxygen atoms in total. The molecule has 0 fully saturated rings. The van der Waals surface area contributed by atoms with Gasteiger partial charge >= 0.3 is 6.18 Å². The molecular weight excluding hydrogens is 392 g/mol. The van der Waals surface area contributed by atoms with E-state index in [0.29, 0.717) is 17.4 Å². The Morgan fingerprint density at radius 2 is 1.77 bits per heavy atom. The molecule has 0 spiro atoms. The third kappa shape index (κ3) is 3.30. The molecule has 0 radical (unpaired) electrons. The summed E-state index contributed by atoms with van der Waals surface area (Å²) in [5.74, 6) is -0.417. The highest BCUT2D eigenvalue weighted by Crippen LogP contribution is 2.49. The standard InChI is InChI=1S/C17H12BCl2F4NO/c18-8-10-3-9(1-2-14(10)21)15-7-16(26-25-15,17(22,23)24)11-4-12(19)6-13(20)5-11/h1-6H,7-8,18H2. The van der Waals surface area contributed by atoms with Crippen molar-refractivity contribution >= 4 is 36.8 Å². The number of benzene rings is 2. The lowest BCUT2D eigenvalue weighted by atomic mass is 9.86. The van der Waals surface area contributed by atoms with Gasteiger partial charge in [-0.05, 0) is 41.5 Å². The topological polar surface area (TPSA) is 21.6 Å². The monoisotopic (exact) mass is 403 g/mol. The van der Waals surface area contributed by atoms with E-state index in [9.17, 15) is 17.6 Å². The Bertz CT molecular complexity index is 867. The molecule has 0 aliphatic carbocycles. The fourth-order valence-corrected chi connectivity index (χ4v) is 3.40. The lowest BCUT2D eigenvalue weighted by Gasteiger charge is -2.29. The second kappa shape index (κ2) is 6.78. The van der Waals surface area contributed by atoms with E-state index in [-0.39, 0.29) is 21.3 Å². The van der Waals surface area contributed by atoms with E-state index in [2.05, 4.69) is 5.16 Å². The average molecular weight is 404 g/mol. The van der Waals surface area contributed by atoms with E-state index in [4.69, 9.17) is 28.0 Å². The fraction of sp³-hybridized carbons (Fsp3) is 0.235. The maximum Gasteiger partial charge on any atom is 0.435 e. The van der Waals surface area contributed by atoms with Crippen LogP contribution in [0.4, 0.5) is 17.6 Å². The predicted molar refractivity (Wildman–Crippen MR) is 95.1 cm³/mol. The van der Waals surface area contributed by atoms with Crippen LogP contribution < -0.4 is 0 Å². The van der Waals surface area contributed by atoms with Crippen LogP contribution in [0.5, 0.6) is 0 Å². The van der Waals surface area contributed by atoms with Crippen molar-refractivity contribution in [1.29, 1.82) is 0 Å². The van der Waals surface area contributed by atoms with Crippen LogP contribution >= 0.6 is 23.2 Å². The summed E-state index contributed by atoms with van der Waals surface area (Å²) in [5, 5.41) is 3.77. The average Bonchev–Trinajstić information content (AvgIpc) is 3.01. The highest BCUT2D eigenvalue weighted by Gasteiger charge is 2.62. The molecule has 1 aliphatic rings. The SMILES string of the molecule is BCc1cc(C2=NOC(c3cc(Cl)cc(Cl)c3)(C(F)(F)F)C2)ccc1F. The summed E-state index contributed by atoms with van der Waals surface area (Å²) in [7, 11) is 1.75. The summed E-state index contributed by atoms with van der Waals surface area (Å²) in [5.41, 5.74) is -2.09. The molecule has 0 aromatic heterocycles. The van der Waals surface area contributed by atoms with Gasteiger partial charge in [0.2, 0.25) is 0 Å². The zero-order valence-corrected chi connectivity index (χ0v) is 15.0. The van der Waals surface area contributed by atoms with Crippen molar-refractivity contribution in [1.82, 2.24) is 0 Å². The van der Waals surface area contributed by atoms with E-state index in [0.717, 1.165) is 12.1 Å². The van der Waals surface area contributed by atoms with Crippen LogP contribution in [-0.2, 0) is 16.8 Å². The molecule has 0 saturated carbocycles. The minimum absolute atomic E-state index is 0.0585. The predicted octanol–water partition coefficient (Wildman–Crippen LogP) is 4.85. The van der Waals surface area contributed by atoms with Crippen LogP contribution in [0.25, 0.3) is 0 Å². The van der Waals surface area contributed by atoms with Gasteiger partial charge < -0.3 is 4.84 Å². The molecule has 0 bridgehead atoms. The molecule has 1 heterocycles. The molecule has 1 unspecified atom stereocenters. The van der Waals surface area contributed by atoms with Gasteiger partial charge in [0.25, 0.3) is 5.60 Å². The Morgan fingerprint density at radius 3 is 2.35 bits per heavy atom. The lowest BCUT2D eigenvalue weighted by molar-refractivity contribution is -0.275. The van der Waals surface area contributed by atoms with E-state index in [1.54, 1.807) is 7.85 Å². The Hall–Kier alpha value is -1.73. The summed E-state index contributed by atoms with van der Waals surface area (Å²) in [6, 6.07) is 7.72. The van der Waals surface area contributed by atoms with Crippen molar-refractivity contribution in [2.24, 2.45) is 5.16 Å². The van der Waals surface area contributed by atoms with Crippen LogP contribution in [0.3, 0.4) is 0 Å². The molecule has 3 rings (SSSR count). The molecule has 136 valence electrons. The van der Waals surface area contributed by atoms with Crippen molar-refractivity contribution < 1.29 is 22.4 Å². The number of rotatable bonds is 3. The van der Waals surface area contributed by atoms with Gasteiger partial charge in [-0.1, -0.05) is 40.7 Å². The minimum atomic E-state index is -4.76. The molecule has 1 aliphatic heterocycles. The van der Waals surface area contributed by atoms with Crippen LogP contribution in [0.15, 0.2) is 41.6 Å². The molecule has 0 N–H and O–H groups in total. The van der Waals surface area contributed by atoms with Crippen molar-refractivity contribution in [2.45, 2.75) is 24.5 Å². The summed E-state index contributed by atoms with van der Waals surface area (Å²) in [6.45, 7) is 0. The summed E-state index contributed by atoms with van der Waals surface area (Å²) in [4.78, 5) is 4.92. The number of alkyl halides is 3. The highest BCUT2D eigenvalue weighted by molar-refractivity contribution is 6.34. The number of nitrogens with zero attached hydrogens (tertiary/aromatic N) is 1. The zero-order chi connectivity index (χ0) is 19.1. The highest BCUT2D eigenvalue weighted by atomic mass is 35.5. The quantitative estimate of drug-likeness (QED) is 0.530. The van der Waals surface area contributed by atoms with Crippen molar-refractivity contribution in [3.63, 3.8) is 0 Å². The Labute approximate surface area is 158 Å². The molecule has 0 amide bonds. The van der Waals surface area contributed by atoms with Gasteiger partial charge in [-0.3, -0.25) is 0 Å². The minimum Gasteiger partial charge on any atom is -0.374 e. The third-order valence-corrected chi connectivity index (χ3v) is 4.71. The van der Waals surface area contributed by atoms with E-state index < -0.39 is 24.0 Å². The summed E-state index contributed by atoms with van der Waals surface area (Å²) < 4.78 is 55.4. The van der Waals surface area contributed by atoms with Crippen LogP contribution in [0.1, 0.15) is 23.1 Å². The van der Waals surface area contributed by atoms with Gasteiger partial charge in [0, 0.05) is 22.0 Å². The molecule has 1 atom stereocenters. The van der Waals surface area contributed by atoms with Gasteiger partial charge in [0.15, 0.2) is 0 Å². The molecule has 26 heavy (non-hydrogen) atoms. The Morgan fingerprint density at radius 1 is 1.12 bits per heavy atom. The maximum absolute atomic E-state index is 13.9. The van der Waals surface area contributed by atoms with Gasteiger partial charge in [0.05, 0.1) is 5.71 Å². The Kier molecular flexibility index (Phi) is 4.97. The van der Waals surface area contributed by atoms with Gasteiger partial charge in [-0.2, -0.15) is 13.2 Å². The molecular formula is C17H12BCl2F4NO. The first kappa shape index (κ1) is 19.0. The molecule has 0 saturated heterocycles. The third-order valence-electron chi connectivity index (χ3n) is 4.27. The molecule has 2 aromatic rings. The molecule has 2 aromatic carbocycles. The van der Waals surface area contributed by atoms with Crippen molar-refractivity contribution in [3.05, 3.63) is 69.0 Å². The number of hydrogen-bond acceptors (Lipinski definition) is 2. The number of oxime groups is 1. The second-order valence-corrected chi connectivity index (χ2v) is 6.82. The number of hydrogen-bond donors (Lipinski definition) is 0. The first-order valence-electron chi connectivity index (χ1n) is 7.73. The van der Waals surface area contributed by atoms with Gasteiger partial charge in [0.1, 0.15) is 13.7 Å². The molecule has 9 heteroatoms. The van der Waals surface area contributed by atoms with Gasteiger partial charge in [-0.25, -0.2) is 4.39 Å². The first-order valence-corrected chi connectivity index (χ1v) is 8.49. The van der Waals surface area contributed by atoms with Crippen LogP contribution in [-0.4, -0.2) is 19.7 Å². The van der Waals surface area contributed by atoms with E-state index in [1.165, 1.54) is 24.3 Å². The van der Waals surface area contributed by atoms with Crippen molar-refractivity contribution in [2.75, 3.05) is 0 Å². The van der Waals surface area contributed by atoms with Crippen molar-refractivity contribution in [3.8, 4) is 0 Å². The maximum atomic E-state index is 13.9.